The first-order valence-electron chi connectivity index (χ1n) is 8.62. The first-order valence-corrected chi connectivity index (χ1v) is 8.62. The van der Waals surface area contributed by atoms with Crippen LogP contribution < -0.4 is 0 Å². The van der Waals surface area contributed by atoms with Crippen LogP contribution in [-0.4, -0.2) is 73.0 Å². The van der Waals surface area contributed by atoms with Crippen LogP contribution in [0.4, 0.5) is 0 Å². The maximum absolute atomic E-state index is 12.4. The SMILES string of the molecule is O=C(c1ccccc1)N1CCN(CCN2CCCCC2)CC1. The van der Waals surface area contributed by atoms with E-state index in [1.807, 2.05) is 35.2 Å². The highest BCUT2D eigenvalue weighted by Crippen LogP contribution is 2.11. The van der Waals surface area contributed by atoms with Crippen molar-refractivity contribution in [2.75, 3.05) is 52.4 Å². The lowest BCUT2D eigenvalue weighted by Crippen LogP contribution is -2.50. The molecule has 2 fully saturated rings. The fourth-order valence-electron chi connectivity index (χ4n) is 3.40. The van der Waals surface area contributed by atoms with E-state index in [0.717, 1.165) is 38.3 Å². The highest BCUT2D eigenvalue weighted by atomic mass is 16.2. The number of hydrogen-bond acceptors (Lipinski definition) is 3. The minimum atomic E-state index is 0.177. The summed E-state index contributed by atoms with van der Waals surface area (Å²) in [5.41, 5.74) is 0.810. The van der Waals surface area contributed by atoms with E-state index in [9.17, 15) is 4.79 Å². The first kappa shape index (κ1) is 15.5. The van der Waals surface area contributed by atoms with E-state index < -0.39 is 0 Å². The molecule has 0 saturated carbocycles. The second-order valence-corrected chi connectivity index (χ2v) is 6.40. The van der Waals surface area contributed by atoms with Crippen LogP contribution in [0.5, 0.6) is 0 Å². The van der Waals surface area contributed by atoms with Crippen LogP contribution in [0.15, 0.2) is 30.3 Å². The number of benzene rings is 1. The molecule has 2 aliphatic rings. The average molecular weight is 301 g/mol. The molecule has 0 aliphatic carbocycles. The molecule has 0 bridgehead atoms. The summed E-state index contributed by atoms with van der Waals surface area (Å²) in [6, 6.07) is 9.63. The number of hydrogen-bond donors (Lipinski definition) is 0. The molecule has 120 valence electrons. The van der Waals surface area contributed by atoms with Crippen LogP contribution in [0.1, 0.15) is 29.6 Å². The fourth-order valence-corrected chi connectivity index (χ4v) is 3.40. The van der Waals surface area contributed by atoms with Crippen molar-refractivity contribution in [3.05, 3.63) is 35.9 Å². The molecule has 0 aromatic heterocycles. The van der Waals surface area contributed by atoms with Gasteiger partial charge < -0.3 is 9.80 Å². The largest absolute Gasteiger partial charge is 0.336 e. The predicted octanol–water partition coefficient (Wildman–Crippen LogP) is 1.93. The van der Waals surface area contributed by atoms with Gasteiger partial charge in [-0.05, 0) is 38.1 Å². The van der Waals surface area contributed by atoms with Crippen LogP contribution in [0.2, 0.25) is 0 Å². The fraction of sp³-hybridized carbons (Fsp3) is 0.611. The molecule has 1 amide bonds. The predicted molar refractivity (Wildman–Crippen MR) is 89.1 cm³/mol. The highest BCUT2D eigenvalue weighted by molar-refractivity contribution is 5.94. The number of rotatable bonds is 4. The smallest absolute Gasteiger partial charge is 0.253 e. The van der Waals surface area contributed by atoms with Crippen molar-refractivity contribution in [1.29, 1.82) is 0 Å². The van der Waals surface area contributed by atoms with Gasteiger partial charge in [0.1, 0.15) is 0 Å². The quantitative estimate of drug-likeness (QED) is 0.850. The number of amides is 1. The Kier molecular flexibility index (Phi) is 5.46. The van der Waals surface area contributed by atoms with Crippen molar-refractivity contribution in [2.45, 2.75) is 19.3 Å². The third-order valence-electron chi connectivity index (χ3n) is 4.86. The molecule has 0 N–H and O–H groups in total. The monoisotopic (exact) mass is 301 g/mol. The van der Waals surface area contributed by atoms with Crippen molar-refractivity contribution in [3.63, 3.8) is 0 Å². The zero-order chi connectivity index (χ0) is 15.2. The molecular formula is C18H27N3O. The molecule has 2 aliphatic heterocycles. The summed E-state index contributed by atoms with van der Waals surface area (Å²) < 4.78 is 0. The zero-order valence-electron chi connectivity index (χ0n) is 13.4. The van der Waals surface area contributed by atoms with E-state index in [2.05, 4.69) is 9.80 Å². The van der Waals surface area contributed by atoms with Gasteiger partial charge in [0, 0.05) is 44.8 Å². The molecule has 1 aromatic rings. The van der Waals surface area contributed by atoms with Crippen molar-refractivity contribution < 1.29 is 4.79 Å². The van der Waals surface area contributed by atoms with Gasteiger partial charge in [-0.25, -0.2) is 0 Å². The Bertz CT molecular complexity index is 462. The van der Waals surface area contributed by atoms with Gasteiger partial charge in [-0.15, -0.1) is 0 Å². The minimum Gasteiger partial charge on any atom is -0.336 e. The maximum Gasteiger partial charge on any atom is 0.253 e. The molecule has 1 aromatic carbocycles. The lowest BCUT2D eigenvalue weighted by Gasteiger charge is -2.36. The average Bonchev–Trinajstić information content (AvgIpc) is 2.61. The molecule has 22 heavy (non-hydrogen) atoms. The number of piperidine rings is 1. The Hall–Kier alpha value is -1.39. The van der Waals surface area contributed by atoms with Crippen LogP contribution >= 0.6 is 0 Å². The van der Waals surface area contributed by atoms with Crippen LogP contribution in [-0.2, 0) is 0 Å². The van der Waals surface area contributed by atoms with Gasteiger partial charge in [0.2, 0.25) is 0 Å². The van der Waals surface area contributed by atoms with Crippen molar-refractivity contribution in [2.24, 2.45) is 0 Å². The molecule has 0 spiro atoms. The van der Waals surface area contributed by atoms with Gasteiger partial charge in [0.15, 0.2) is 0 Å². The lowest BCUT2D eigenvalue weighted by atomic mass is 10.1. The summed E-state index contributed by atoms with van der Waals surface area (Å²) in [5.74, 6) is 0.177. The molecule has 0 atom stereocenters. The molecule has 2 heterocycles. The van der Waals surface area contributed by atoms with Gasteiger partial charge in [0.25, 0.3) is 5.91 Å². The minimum absolute atomic E-state index is 0.177. The van der Waals surface area contributed by atoms with E-state index in [1.54, 1.807) is 0 Å². The first-order chi connectivity index (χ1) is 10.8. The Labute approximate surface area is 133 Å². The summed E-state index contributed by atoms with van der Waals surface area (Å²) in [6.07, 6.45) is 4.12. The Morgan fingerprint density at radius 2 is 1.36 bits per heavy atom. The normalized spacial score (nSPS) is 21.0. The lowest BCUT2D eigenvalue weighted by molar-refractivity contribution is 0.0619. The molecule has 4 nitrogen and oxygen atoms in total. The maximum atomic E-state index is 12.4. The van der Waals surface area contributed by atoms with Crippen molar-refractivity contribution >= 4 is 5.91 Å². The van der Waals surface area contributed by atoms with Crippen molar-refractivity contribution in [1.82, 2.24) is 14.7 Å². The van der Waals surface area contributed by atoms with Gasteiger partial charge in [-0.2, -0.15) is 0 Å². The Balaban J connectivity index is 1.41. The molecule has 0 unspecified atom stereocenters. The molecule has 2 saturated heterocycles. The number of carbonyl (C=O) groups excluding carboxylic acids is 1. The van der Waals surface area contributed by atoms with Crippen LogP contribution in [0.3, 0.4) is 0 Å². The summed E-state index contributed by atoms with van der Waals surface area (Å²) in [7, 11) is 0. The van der Waals surface area contributed by atoms with E-state index in [1.165, 1.54) is 38.9 Å². The number of carbonyl (C=O) groups is 1. The molecule has 3 rings (SSSR count). The summed E-state index contributed by atoms with van der Waals surface area (Å²) in [4.78, 5) is 19.5. The summed E-state index contributed by atoms with van der Waals surface area (Å²) in [6.45, 7) is 8.60. The zero-order valence-corrected chi connectivity index (χ0v) is 13.4. The van der Waals surface area contributed by atoms with Crippen LogP contribution in [0.25, 0.3) is 0 Å². The van der Waals surface area contributed by atoms with Gasteiger partial charge in [-0.3, -0.25) is 9.69 Å². The molecule has 4 heteroatoms. The summed E-state index contributed by atoms with van der Waals surface area (Å²) >= 11 is 0. The molecular weight excluding hydrogens is 274 g/mol. The molecule has 0 radical (unpaired) electrons. The Morgan fingerprint density at radius 1 is 0.773 bits per heavy atom. The second kappa shape index (κ2) is 7.75. The third kappa shape index (κ3) is 4.08. The van der Waals surface area contributed by atoms with Gasteiger partial charge >= 0.3 is 0 Å². The second-order valence-electron chi connectivity index (χ2n) is 6.40. The van der Waals surface area contributed by atoms with E-state index in [0.29, 0.717) is 0 Å². The van der Waals surface area contributed by atoms with Crippen molar-refractivity contribution in [3.8, 4) is 0 Å². The third-order valence-corrected chi connectivity index (χ3v) is 4.86. The van der Waals surface area contributed by atoms with Gasteiger partial charge in [-0.1, -0.05) is 24.6 Å². The number of piperazine rings is 1. The van der Waals surface area contributed by atoms with E-state index >= 15 is 0 Å². The number of likely N-dealkylation sites (tertiary alicyclic amines) is 1. The van der Waals surface area contributed by atoms with E-state index in [4.69, 9.17) is 0 Å². The summed E-state index contributed by atoms with van der Waals surface area (Å²) in [5, 5.41) is 0. The number of nitrogens with zero attached hydrogens (tertiary/aromatic N) is 3. The van der Waals surface area contributed by atoms with Crippen LogP contribution in [0, 0.1) is 0 Å². The van der Waals surface area contributed by atoms with E-state index in [-0.39, 0.29) is 5.91 Å². The topological polar surface area (TPSA) is 26.8 Å². The van der Waals surface area contributed by atoms with Gasteiger partial charge in [0.05, 0.1) is 0 Å². The highest BCUT2D eigenvalue weighted by Gasteiger charge is 2.22. The Morgan fingerprint density at radius 3 is 2.00 bits per heavy atom. The standard InChI is InChI=1S/C18H27N3O/c22-18(17-7-3-1-4-8-17)21-15-13-20(14-16-21)12-11-19-9-5-2-6-10-19/h1,3-4,7-8H,2,5-6,9-16H2.